The second-order valence-electron chi connectivity index (χ2n) is 7.14. The number of hydrogen-bond donors (Lipinski definition) is 1. The van der Waals surface area contributed by atoms with Crippen LogP contribution in [-0.4, -0.2) is 49.1 Å². The maximum Gasteiger partial charge on any atom is 0.193 e. The quantitative estimate of drug-likeness (QED) is 0.429. The molecule has 6 heteroatoms. The molecule has 2 aliphatic heterocycles. The third-order valence-corrected chi connectivity index (χ3v) is 5.24. The molecule has 1 aromatic heterocycles. The first-order valence-electron chi connectivity index (χ1n) is 9.42. The van der Waals surface area contributed by atoms with E-state index < -0.39 is 0 Å². The lowest BCUT2D eigenvalue weighted by atomic mass is 10.00. The highest BCUT2D eigenvalue weighted by Gasteiger charge is 2.18. The summed E-state index contributed by atoms with van der Waals surface area (Å²) in [5.41, 5.74) is 1.28. The topological polar surface area (TPSA) is 43.8 Å². The lowest BCUT2D eigenvalue weighted by Gasteiger charge is -2.33. The average Bonchev–Trinajstić information content (AvgIpc) is 2.64. The zero-order valence-electron chi connectivity index (χ0n) is 15.6. The maximum atomic E-state index is 4.57. The van der Waals surface area contributed by atoms with Crippen molar-refractivity contribution in [2.75, 3.05) is 38.1 Å². The Labute approximate surface area is 169 Å². The van der Waals surface area contributed by atoms with Gasteiger partial charge < -0.3 is 15.1 Å². The fourth-order valence-corrected chi connectivity index (χ4v) is 3.60. The first kappa shape index (κ1) is 20.3. The number of aromatic nitrogens is 1. The van der Waals surface area contributed by atoms with Crippen LogP contribution >= 0.6 is 24.0 Å². The van der Waals surface area contributed by atoms with Gasteiger partial charge in [-0.05, 0) is 55.7 Å². The van der Waals surface area contributed by atoms with Gasteiger partial charge in [-0.25, -0.2) is 4.98 Å². The maximum absolute atomic E-state index is 4.57. The van der Waals surface area contributed by atoms with Crippen LogP contribution < -0.4 is 10.2 Å². The average molecular weight is 457 g/mol. The summed E-state index contributed by atoms with van der Waals surface area (Å²) < 4.78 is 0. The van der Waals surface area contributed by atoms with Crippen molar-refractivity contribution < 1.29 is 0 Å². The van der Waals surface area contributed by atoms with Gasteiger partial charge >= 0.3 is 0 Å². The van der Waals surface area contributed by atoms with E-state index in [0.29, 0.717) is 0 Å². The SMILES string of the molecule is CN=C(NCc1ccnc(N2CCCCC2)c1)N1CCC(C)CC1.I. The highest BCUT2D eigenvalue weighted by atomic mass is 127. The number of anilines is 1. The van der Waals surface area contributed by atoms with E-state index in [4.69, 9.17) is 0 Å². The number of guanidine groups is 1. The van der Waals surface area contributed by atoms with E-state index in [9.17, 15) is 0 Å². The lowest BCUT2D eigenvalue weighted by molar-refractivity contribution is 0.273. The largest absolute Gasteiger partial charge is 0.357 e. The van der Waals surface area contributed by atoms with Gasteiger partial charge in [-0.3, -0.25) is 4.99 Å². The van der Waals surface area contributed by atoms with Crippen LogP contribution in [0, 0.1) is 5.92 Å². The van der Waals surface area contributed by atoms with Gasteiger partial charge in [0.1, 0.15) is 5.82 Å². The molecule has 0 radical (unpaired) electrons. The Bertz CT molecular complexity index is 549. The van der Waals surface area contributed by atoms with E-state index in [-0.39, 0.29) is 24.0 Å². The Kier molecular flexibility index (Phi) is 8.26. The molecule has 1 N–H and O–H groups in total. The van der Waals surface area contributed by atoms with Gasteiger partial charge in [-0.15, -0.1) is 24.0 Å². The molecule has 0 aromatic carbocycles. The number of halogens is 1. The number of hydrogen-bond acceptors (Lipinski definition) is 3. The molecule has 5 nitrogen and oxygen atoms in total. The molecular formula is C19H32IN5. The van der Waals surface area contributed by atoms with Crippen molar-refractivity contribution in [3.63, 3.8) is 0 Å². The van der Waals surface area contributed by atoms with Crippen molar-refractivity contribution in [1.82, 2.24) is 15.2 Å². The number of nitrogens with zero attached hydrogens (tertiary/aromatic N) is 4. The number of likely N-dealkylation sites (tertiary alicyclic amines) is 1. The first-order chi connectivity index (χ1) is 11.8. The van der Waals surface area contributed by atoms with E-state index in [1.54, 1.807) is 0 Å². The van der Waals surface area contributed by atoms with E-state index in [0.717, 1.165) is 50.4 Å². The molecule has 0 saturated carbocycles. The minimum absolute atomic E-state index is 0. The molecule has 0 spiro atoms. The van der Waals surface area contributed by atoms with Crippen LogP contribution in [-0.2, 0) is 6.54 Å². The second-order valence-corrected chi connectivity index (χ2v) is 7.14. The molecule has 2 aliphatic rings. The monoisotopic (exact) mass is 457 g/mol. The van der Waals surface area contributed by atoms with Crippen LogP contribution in [0.15, 0.2) is 23.3 Å². The summed E-state index contributed by atoms with van der Waals surface area (Å²) in [6.45, 7) is 7.64. The van der Waals surface area contributed by atoms with Crippen LogP contribution in [0.25, 0.3) is 0 Å². The molecule has 3 rings (SSSR count). The van der Waals surface area contributed by atoms with Crippen molar-refractivity contribution in [1.29, 1.82) is 0 Å². The summed E-state index contributed by atoms with van der Waals surface area (Å²) >= 11 is 0. The van der Waals surface area contributed by atoms with Crippen molar-refractivity contribution in [2.45, 2.75) is 45.6 Å². The molecule has 0 aliphatic carbocycles. The molecule has 1 aromatic rings. The third kappa shape index (κ3) is 5.72. The molecule has 2 saturated heterocycles. The molecule has 0 atom stereocenters. The third-order valence-electron chi connectivity index (χ3n) is 5.24. The zero-order chi connectivity index (χ0) is 16.8. The van der Waals surface area contributed by atoms with Gasteiger partial charge in [-0.1, -0.05) is 6.92 Å². The van der Waals surface area contributed by atoms with Gasteiger partial charge in [0.15, 0.2) is 5.96 Å². The molecule has 2 fully saturated rings. The fourth-order valence-electron chi connectivity index (χ4n) is 3.60. The van der Waals surface area contributed by atoms with E-state index in [1.807, 2.05) is 13.2 Å². The Morgan fingerprint density at radius 2 is 1.92 bits per heavy atom. The van der Waals surface area contributed by atoms with Gasteiger partial charge in [0.25, 0.3) is 0 Å². The minimum Gasteiger partial charge on any atom is -0.357 e. The summed E-state index contributed by atoms with van der Waals surface area (Å²) in [6, 6.07) is 4.33. The molecule has 3 heterocycles. The first-order valence-corrected chi connectivity index (χ1v) is 9.42. The predicted octanol–water partition coefficient (Wildman–Crippen LogP) is 3.50. The number of aliphatic imine (C=N–C) groups is 1. The van der Waals surface area contributed by atoms with Crippen molar-refractivity contribution in [3.05, 3.63) is 23.9 Å². The standard InChI is InChI=1S/C19H31N5.HI/c1-16-7-12-24(13-8-16)19(20-2)22-15-17-6-9-21-18(14-17)23-10-4-3-5-11-23;/h6,9,14,16H,3-5,7-8,10-13,15H2,1-2H3,(H,20,22);1H. The van der Waals surface area contributed by atoms with E-state index in [2.05, 4.69) is 44.1 Å². The molecule has 0 amide bonds. The molecular weight excluding hydrogens is 425 g/mol. The zero-order valence-corrected chi connectivity index (χ0v) is 17.9. The van der Waals surface area contributed by atoms with Crippen LogP contribution in [0.5, 0.6) is 0 Å². The van der Waals surface area contributed by atoms with Crippen LogP contribution in [0.1, 0.15) is 44.6 Å². The Balaban J connectivity index is 0.00000225. The van der Waals surface area contributed by atoms with Gasteiger partial charge in [-0.2, -0.15) is 0 Å². The Morgan fingerprint density at radius 3 is 2.60 bits per heavy atom. The number of pyridine rings is 1. The molecule has 0 bridgehead atoms. The minimum atomic E-state index is 0. The normalized spacial score (nSPS) is 19.5. The summed E-state index contributed by atoms with van der Waals surface area (Å²) in [5, 5.41) is 3.53. The van der Waals surface area contributed by atoms with Crippen molar-refractivity contribution in [3.8, 4) is 0 Å². The lowest BCUT2D eigenvalue weighted by Crippen LogP contribution is -2.45. The van der Waals surface area contributed by atoms with E-state index in [1.165, 1.54) is 37.7 Å². The summed E-state index contributed by atoms with van der Waals surface area (Å²) in [5.74, 6) is 2.99. The van der Waals surface area contributed by atoms with Gasteiger partial charge in [0, 0.05) is 46.0 Å². The highest BCUT2D eigenvalue weighted by Crippen LogP contribution is 2.19. The summed E-state index contributed by atoms with van der Waals surface area (Å²) in [4.78, 5) is 13.8. The number of piperidine rings is 2. The number of rotatable bonds is 3. The second kappa shape index (κ2) is 10.2. The molecule has 25 heavy (non-hydrogen) atoms. The summed E-state index contributed by atoms with van der Waals surface area (Å²) in [6.07, 6.45) is 8.37. The van der Waals surface area contributed by atoms with E-state index >= 15 is 0 Å². The van der Waals surface area contributed by atoms with Gasteiger partial charge in [0.2, 0.25) is 0 Å². The van der Waals surface area contributed by atoms with Gasteiger partial charge in [0.05, 0.1) is 0 Å². The molecule has 0 unspecified atom stereocenters. The van der Waals surface area contributed by atoms with Crippen molar-refractivity contribution >= 4 is 35.8 Å². The fraction of sp³-hybridized carbons (Fsp3) is 0.684. The van der Waals surface area contributed by atoms with Crippen LogP contribution in [0.2, 0.25) is 0 Å². The van der Waals surface area contributed by atoms with Crippen molar-refractivity contribution in [2.24, 2.45) is 10.9 Å². The smallest absolute Gasteiger partial charge is 0.193 e. The molecule has 140 valence electrons. The highest BCUT2D eigenvalue weighted by molar-refractivity contribution is 14.0. The Morgan fingerprint density at radius 1 is 1.20 bits per heavy atom. The van der Waals surface area contributed by atoms with Crippen LogP contribution in [0.3, 0.4) is 0 Å². The number of nitrogens with one attached hydrogen (secondary N) is 1. The Hall–Kier alpha value is -1.05. The predicted molar refractivity (Wildman–Crippen MR) is 116 cm³/mol. The summed E-state index contributed by atoms with van der Waals surface area (Å²) in [7, 11) is 1.88. The van der Waals surface area contributed by atoms with Crippen LogP contribution in [0.4, 0.5) is 5.82 Å².